The average Bonchev–Trinajstić information content (AvgIpc) is 2.82. The Balaban J connectivity index is 0.00000441. The van der Waals surface area contributed by atoms with Gasteiger partial charge in [0.05, 0.1) is 18.8 Å². The topological polar surface area (TPSA) is 94.3 Å². The first-order chi connectivity index (χ1) is 9.70. The van der Waals surface area contributed by atoms with Gasteiger partial charge in [0.1, 0.15) is 4.88 Å². The lowest BCUT2D eigenvalue weighted by Gasteiger charge is -2.16. The highest BCUT2D eigenvalue weighted by Crippen LogP contribution is 2.32. The Morgan fingerprint density at radius 3 is 2.45 bits per heavy atom. The Labute approximate surface area is 141 Å². The van der Waals surface area contributed by atoms with Crippen LogP contribution < -0.4 is 11.1 Å². The van der Waals surface area contributed by atoms with Gasteiger partial charge in [0.15, 0.2) is 5.13 Å². The summed E-state index contributed by atoms with van der Waals surface area (Å²) >= 11 is 1.11. The maximum atomic E-state index is 11.9. The Bertz CT molecular complexity index is 526. The number of amides is 1. The average molecular weight is 350 g/mol. The quantitative estimate of drug-likeness (QED) is 0.797. The molecule has 126 valence electrons. The molecule has 0 saturated heterocycles. The molecule has 0 aliphatic rings. The van der Waals surface area contributed by atoms with Crippen molar-refractivity contribution in [2.24, 2.45) is 5.73 Å². The number of nitrogens with one attached hydrogen (secondary N) is 1. The molecule has 0 saturated carbocycles. The molecule has 22 heavy (non-hydrogen) atoms. The fourth-order valence-electron chi connectivity index (χ4n) is 1.75. The van der Waals surface area contributed by atoms with Gasteiger partial charge in [-0.3, -0.25) is 4.79 Å². The predicted molar refractivity (Wildman–Crippen MR) is 90.9 cm³/mol. The summed E-state index contributed by atoms with van der Waals surface area (Å²) in [5, 5.41) is 3.05. The van der Waals surface area contributed by atoms with E-state index in [1.807, 2.05) is 27.7 Å². The van der Waals surface area contributed by atoms with Crippen LogP contribution in [0.25, 0.3) is 0 Å². The van der Waals surface area contributed by atoms with Gasteiger partial charge in [-0.15, -0.1) is 12.4 Å². The first-order valence-corrected chi connectivity index (χ1v) is 7.68. The van der Waals surface area contributed by atoms with Crippen LogP contribution in [0.5, 0.6) is 0 Å². The van der Waals surface area contributed by atoms with Crippen molar-refractivity contribution in [1.29, 1.82) is 0 Å². The third kappa shape index (κ3) is 5.23. The first-order valence-electron chi connectivity index (χ1n) is 6.86. The Morgan fingerprint density at radius 1 is 1.41 bits per heavy atom. The Hall–Kier alpha value is -1.18. The van der Waals surface area contributed by atoms with Gasteiger partial charge < -0.3 is 15.8 Å². The van der Waals surface area contributed by atoms with Crippen LogP contribution in [0.15, 0.2) is 0 Å². The lowest BCUT2D eigenvalue weighted by atomic mass is 9.91. The minimum atomic E-state index is -0.571. The number of nitrogens with zero attached hydrogens (tertiary/aromatic N) is 1. The molecule has 1 amide bonds. The van der Waals surface area contributed by atoms with Gasteiger partial charge in [0.25, 0.3) is 0 Å². The van der Waals surface area contributed by atoms with Crippen LogP contribution in [0.1, 0.15) is 55.9 Å². The molecule has 1 rings (SSSR count). The van der Waals surface area contributed by atoms with Crippen LogP contribution in [0.2, 0.25) is 0 Å². The number of ether oxygens (including phenoxy) is 1. The number of carbonyl (C=O) groups is 2. The number of nitrogens with two attached hydrogens (primary N) is 1. The van der Waals surface area contributed by atoms with Gasteiger partial charge in [-0.25, -0.2) is 9.78 Å². The van der Waals surface area contributed by atoms with Crippen molar-refractivity contribution in [1.82, 2.24) is 4.98 Å². The lowest BCUT2D eigenvalue weighted by molar-refractivity contribution is -0.117. The van der Waals surface area contributed by atoms with Crippen molar-refractivity contribution in [2.45, 2.75) is 52.0 Å². The van der Waals surface area contributed by atoms with E-state index in [0.29, 0.717) is 22.1 Å². The van der Waals surface area contributed by atoms with Crippen LogP contribution in [-0.2, 0) is 14.9 Å². The second-order valence-corrected chi connectivity index (χ2v) is 6.82. The smallest absolute Gasteiger partial charge is 0.350 e. The summed E-state index contributed by atoms with van der Waals surface area (Å²) in [6.07, 6.45) is 1.43. The van der Waals surface area contributed by atoms with Gasteiger partial charge in [-0.1, -0.05) is 45.5 Å². The summed E-state index contributed by atoms with van der Waals surface area (Å²) in [6.45, 7) is 7.80. The molecule has 1 aromatic heterocycles. The zero-order valence-electron chi connectivity index (χ0n) is 13.6. The summed E-state index contributed by atoms with van der Waals surface area (Å²) in [5.74, 6) is -0.738. The van der Waals surface area contributed by atoms with E-state index in [2.05, 4.69) is 10.3 Å². The zero-order valence-corrected chi connectivity index (χ0v) is 15.2. The molecule has 6 nitrogen and oxygen atoms in total. The fraction of sp³-hybridized carbons (Fsp3) is 0.643. The Morgan fingerprint density at radius 2 is 2.00 bits per heavy atom. The third-order valence-corrected chi connectivity index (χ3v) is 3.83. The SMILES string of the molecule is CCCC(N)C(=O)Nc1nc(C(C)(C)C)c(C(=O)OC)s1.Cl. The minimum absolute atomic E-state index is 0. The molecule has 1 heterocycles. The van der Waals surface area contributed by atoms with Crippen LogP contribution in [0.3, 0.4) is 0 Å². The summed E-state index contributed by atoms with van der Waals surface area (Å²) in [5.41, 5.74) is 6.05. The number of carbonyl (C=O) groups excluding carboxylic acids is 2. The molecule has 8 heteroatoms. The van der Waals surface area contributed by atoms with E-state index in [4.69, 9.17) is 10.5 Å². The molecule has 0 radical (unpaired) electrons. The first kappa shape index (κ1) is 20.8. The Kier molecular flexibility index (Phi) is 8.00. The fourth-order valence-corrected chi connectivity index (χ4v) is 2.85. The van der Waals surface area contributed by atoms with Gasteiger partial charge in [0, 0.05) is 5.41 Å². The molecule has 0 fully saturated rings. The number of hydrogen-bond acceptors (Lipinski definition) is 6. The highest BCUT2D eigenvalue weighted by Gasteiger charge is 2.28. The molecular formula is C14H24ClN3O3S. The van der Waals surface area contributed by atoms with E-state index in [0.717, 1.165) is 17.8 Å². The predicted octanol–water partition coefficient (Wildman–Crippen LogP) is 2.71. The van der Waals surface area contributed by atoms with Crippen molar-refractivity contribution in [3.05, 3.63) is 10.6 Å². The van der Waals surface area contributed by atoms with E-state index >= 15 is 0 Å². The van der Waals surface area contributed by atoms with Crippen LogP contribution in [-0.4, -0.2) is 30.0 Å². The van der Waals surface area contributed by atoms with Gasteiger partial charge in [0.2, 0.25) is 5.91 Å². The summed E-state index contributed by atoms with van der Waals surface area (Å²) in [4.78, 5) is 28.5. The molecule has 3 N–H and O–H groups in total. The molecule has 1 atom stereocenters. The third-order valence-electron chi connectivity index (χ3n) is 2.87. The van der Waals surface area contributed by atoms with Gasteiger partial charge in [-0.2, -0.15) is 0 Å². The monoisotopic (exact) mass is 349 g/mol. The molecule has 0 bridgehead atoms. The number of rotatable bonds is 5. The molecule has 0 aliphatic carbocycles. The van der Waals surface area contributed by atoms with Crippen LogP contribution in [0, 0.1) is 0 Å². The highest BCUT2D eigenvalue weighted by atomic mass is 35.5. The molecule has 0 aliphatic heterocycles. The van der Waals surface area contributed by atoms with Gasteiger partial charge in [-0.05, 0) is 6.42 Å². The number of methoxy groups -OCH3 is 1. The second-order valence-electron chi connectivity index (χ2n) is 5.82. The molecule has 1 unspecified atom stereocenters. The maximum absolute atomic E-state index is 11.9. The number of hydrogen-bond donors (Lipinski definition) is 2. The number of esters is 1. The summed E-state index contributed by atoms with van der Waals surface area (Å²) in [6, 6.07) is -0.571. The van der Waals surface area contributed by atoms with Crippen molar-refractivity contribution < 1.29 is 14.3 Å². The van der Waals surface area contributed by atoms with Gasteiger partial charge >= 0.3 is 5.97 Å². The zero-order chi connectivity index (χ0) is 16.2. The molecule has 0 spiro atoms. The molecule has 0 aromatic carbocycles. The van der Waals surface area contributed by atoms with E-state index in [1.165, 1.54) is 7.11 Å². The molecular weight excluding hydrogens is 326 g/mol. The number of thiazole rings is 1. The maximum Gasteiger partial charge on any atom is 0.350 e. The van der Waals surface area contributed by atoms with Crippen molar-refractivity contribution in [2.75, 3.05) is 12.4 Å². The summed E-state index contributed by atoms with van der Waals surface area (Å²) < 4.78 is 4.77. The van der Waals surface area contributed by atoms with Crippen molar-refractivity contribution >= 4 is 40.8 Å². The van der Waals surface area contributed by atoms with E-state index in [1.54, 1.807) is 0 Å². The number of halogens is 1. The minimum Gasteiger partial charge on any atom is -0.465 e. The largest absolute Gasteiger partial charge is 0.465 e. The lowest BCUT2D eigenvalue weighted by Crippen LogP contribution is -2.35. The second kappa shape index (κ2) is 8.45. The van der Waals surface area contributed by atoms with Crippen molar-refractivity contribution in [3.63, 3.8) is 0 Å². The number of aromatic nitrogens is 1. The highest BCUT2D eigenvalue weighted by molar-refractivity contribution is 7.17. The van der Waals surface area contributed by atoms with E-state index < -0.39 is 12.0 Å². The normalized spacial score (nSPS) is 12.3. The van der Waals surface area contributed by atoms with Crippen molar-refractivity contribution in [3.8, 4) is 0 Å². The van der Waals surface area contributed by atoms with E-state index in [9.17, 15) is 9.59 Å². The summed E-state index contributed by atoms with van der Waals surface area (Å²) in [7, 11) is 1.32. The number of anilines is 1. The van der Waals surface area contributed by atoms with E-state index in [-0.39, 0.29) is 23.7 Å². The van der Waals surface area contributed by atoms with Crippen LogP contribution in [0.4, 0.5) is 5.13 Å². The van der Waals surface area contributed by atoms with Crippen LogP contribution >= 0.6 is 23.7 Å². The molecule has 1 aromatic rings. The standard InChI is InChI=1S/C14H23N3O3S.ClH/c1-6-7-8(15)11(18)17-13-16-10(14(2,3)4)9(21-13)12(19)20-5;/h8H,6-7,15H2,1-5H3,(H,16,17,18);1H.